The molecule has 2 aromatic heterocycles. The molecule has 0 fully saturated rings. The van der Waals surface area contributed by atoms with E-state index in [9.17, 15) is 13.6 Å². The molecule has 8 heteroatoms. The lowest BCUT2D eigenvalue weighted by atomic mass is 10.2. The number of carbonyl (C=O) groups excluding carboxylic acids is 1. The number of fused-ring (bicyclic) bond motifs is 1. The summed E-state index contributed by atoms with van der Waals surface area (Å²) in [6, 6.07) is 11.7. The smallest absolute Gasteiger partial charge is 0.258 e. The number of imidazole rings is 1. The van der Waals surface area contributed by atoms with Crippen LogP contribution in [0, 0.1) is 18.6 Å². The molecule has 0 radical (unpaired) electrons. The van der Waals surface area contributed by atoms with E-state index in [2.05, 4.69) is 10.3 Å². The van der Waals surface area contributed by atoms with Crippen LogP contribution in [0.4, 0.5) is 8.78 Å². The van der Waals surface area contributed by atoms with Crippen LogP contribution in [0.3, 0.4) is 0 Å². The van der Waals surface area contributed by atoms with Crippen molar-refractivity contribution in [2.75, 3.05) is 6.61 Å². The molecular weight excluding hydrogens is 396 g/mol. The maximum Gasteiger partial charge on any atom is 0.258 e. The second-order valence-electron chi connectivity index (χ2n) is 6.42. The molecule has 0 unspecified atom stereocenters. The second kappa shape index (κ2) is 8.00. The van der Waals surface area contributed by atoms with Crippen molar-refractivity contribution in [3.05, 3.63) is 76.9 Å². The fourth-order valence-electron chi connectivity index (χ4n) is 2.83. The van der Waals surface area contributed by atoms with E-state index in [0.717, 1.165) is 26.8 Å². The third kappa shape index (κ3) is 4.27. The summed E-state index contributed by atoms with van der Waals surface area (Å²) in [6.07, 6.45) is 1.90. The van der Waals surface area contributed by atoms with Crippen molar-refractivity contribution in [1.29, 1.82) is 0 Å². The van der Waals surface area contributed by atoms with E-state index in [1.165, 1.54) is 47.7 Å². The third-order valence-electron chi connectivity index (χ3n) is 4.42. The SMILES string of the molecule is Cc1c(CNC(=O)COc2ccc(F)cc2)sc2nc(-c3ccc(F)cc3)cn12. The lowest BCUT2D eigenvalue weighted by molar-refractivity contribution is -0.123. The summed E-state index contributed by atoms with van der Waals surface area (Å²) >= 11 is 1.48. The first-order valence-electron chi connectivity index (χ1n) is 8.88. The minimum Gasteiger partial charge on any atom is -0.484 e. The Balaban J connectivity index is 1.38. The van der Waals surface area contributed by atoms with Crippen LogP contribution in [0.1, 0.15) is 10.6 Å². The number of nitrogens with zero attached hydrogens (tertiary/aromatic N) is 2. The van der Waals surface area contributed by atoms with Gasteiger partial charge in [-0.3, -0.25) is 9.20 Å². The van der Waals surface area contributed by atoms with E-state index in [-0.39, 0.29) is 24.1 Å². The van der Waals surface area contributed by atoms with Crippen molar-refractivity contribution in [3.8, 4) is 17.0 Å². The lowest BCUT2D eigenvalue weighted by Gasteiger charge is -2.07. The molecule has 0 saturated heterocycles. The van der Waals surface area contributed by atoms with Crippen molar-refractivity contribution in [1.82, 2.24) is 14.7 Å². The number of nitrogens with one attached hydrogen (secondary N) is 1. The second-order valence-corrected chi connectivity index (χ2v) is 7.48. The highest BCUT2D eigenvalue weighted by Gasteiger charge is 2.14. The van der Waals surface area contributed by atoms with Crippen LogP contribution in [0.2, 0.25) is 0 Å². The summed E-state index contributed by atoms with van der Waals surface area (Å²) < 4.78 is 33.3. The highest BCUT2D eigenvalue weighted by atomic mass is 32.1. The van der Waals surface area contributed by atoms with Gasteiger partial charge in [0.1, 0.15) is 17.4 Å². The van der Waals surface area contributed by atoms with Crippen LogP contribution in [0.25, 0.3) is 16.2 Å². The maximum absolute atomic E-state index is 13.1. The number of rotatable bonds is 6. The summed E-state index contributed by atoms with van der Waals surface area (Å²) in [5.74, 6) is -0.484. The average molecular weight is 413 g/mol. The Morgan fingerprint density at radius 2 is 1.76 bits per heavy atom. The molecule has 29 heavy (non-hydrogen) atoms. The lowest BCUT2D eigenvalue weighted by Crippen LogP contribution is -2.28. The molecule has 4 aromatic rings. The Kier molecular flexibility index (Phi) is 5.26. The number of benzene rings is 2. The predicted molar refractivity (Wildman–Crippen MR) is 107 cm³/mol. The molecular formula is C21H17F2N3O2S. The molecule has 1 amide bonds. The summed E-state index contributed by atoms with van der Waals surface area (Å²) in [4.78, 5) is 18.4. The minimum absolute atomic E-state index is 0.151. The number of hydrogen-bond acceptors (Lipinski definition) is 4. The molecule has 148 valence electrons. The Labute approximate surface area is 169 Å². The normalized spacial score (nSPS) is 11.0. The number of carbonyl (C=O) groups is 1. The number of aromatic nitrogens is 2. The fraction of sp³-hybridized carbons (Fsp3) is 0.143. The third-order valence-corrected chi connectivity index (χ3v) is 5.58. The zero-order valence-electron chi connectivity index (χ0n) is 15.5. The first kappa shape index (κ1) is 19.1. The summed E-state index contributed by atoms with van der Waals surface area (Å²) in [5, 5.41) is 2.81. The Hall–Kier alpha value is -3.26. The van der Waals surface area contributed by atoms with Crippen LogP contribution in [0.5, 0.6) is 5.75 Å². The Morgan fingerprint density at radius 3 is 2.41 bits per heavy atom. The largest absolute Gasteiger partial charge is 0.484 e. The van der Waals surface area contributed by atoms with Gasteiger partial charge in [-0.2, -0.15) is 0 Å². The van der Waals surface area contributed by atoms with Gasteiger partial charge >= 0.3 is 0 Å². The van der Waals surface area contributed by atoms with Gasteiger partial charge in [-0.05, 0) is 55.5 Å². The summed E-state index contributed by atoms with van der Waals surface area (Å²) in [7, 11) is 0. The van der Waals surface area contributed by atoms with Crippen LogP contribution in [0.15, 0.2) is 54.7 Å². The van der Waals surface area contributed by atoms with Crippen LogP contribution in [-0.2, 0) is 11.3 Å². The number of hydrogen-bond donors (Lipinski definition) is 1. The Morgan fingerprint density at radius 1 is 1.10 bits per heavy atom. The molecule has 4 rings (SSSR count). The average Bonchev–Trinajstić information content (AvgIpc) is 3.26. The van der Waals surface area contributed by atoms with Gasteiger partial charge in [-0.25, -0.2) is 13.8 Å². The van der Waals surface area contributed by atoms with Gasteiger partial charge in [0.15, 0.2) is 11.6 Å². The zero-order valence-corrected chi connectivity index (χ0v) is 16.3. The Bertz CT molecular complexity index is 1150. The standard InChI is InChI=1S/C21H17F2N3O2S/c1-13-19(10-24-20(27)12-28-17-8-6-16(23)7-9-17)29-21-25-18(11-26(13)21)14-2-4-15(22)5-3-14/h2-9,11H,10,12H2,1H3,(H,24,27). The van der Waals surface area contributed by atoms with Gasteiger partial charge < -0.3 is 10.1 Å². The van der Waals surface area contributed by atoms with Crippen molar-refractivity contribution in [3.63, 3.8) is 0 Å². The topological polar surface area (TPSA) is 55.6 Å². The zero-order chi connectivity index (χ0) is 20.4. The van der Waals surface area contributed by atoms with Gasteiger partial charge in [0.25, 0.3) is 5.91 Å². The van der Waals surface area contributed by atoms with Crippen molar-refractivity contribution in [2.45, 2.75) is 13.5 Å². The van der Waals surface area contributed by atoms with Crippen molar-refractivity contribution >= 4 is 22.2 Å². The fourth-order valence-corrected chi connectivity index (χ4v) is 3.87. The molecule has 0 spiro atoms. The monoisotopic (exact) mass is 413 g/mol. The highest BCUT2D eigenvalue weighted by molar-refractivity contribution is 7.17. The van der Waals surface area contributed by atoms with E-state index >= 15 is 0 Å². The summed E-state index contributed by atoms with van der Waals surface area (Å²) in [6.45, 7) is 2.16. The maximum atomic E-state index is 13.1. The van der Waals surface area contributed by atoms with Gasteiger partial charge in [-0.1, -0.05) is 11.3 Å². The molecule has 0 aliphatic rings. The number of halogens is 2. The van der Waals surface area contributed by atoms with Gasteiger partial charge in [-0.15, -0.1) is 0 Å². The predicted octanol–water partition coefficient (Wildman–Crippen LogP) is 4.34. The van der Waals surface area contributed by atoms with E-state index in [0.29, 0.717) is 12.3 Å². The molecule has 2 aromatic carbocycles. The van der Waals surface area contributed by atoms with Gasteiger partial charge in [0.05, 0.1) is 12.2 Å². The molecule has 0 bridgehead atoms. The van der Waals surface area contributed by atoms with Crippen molar-refractivity contribution < 1.29 is 18.3 Å². The van der Waals surface area contributed by atoms with Gasteiger partial charge in [0, 0.05) is 22.3 Å². The molecule has 5 nitrogen and oxygen atoms in total. The molecule has 0 atom stereocenters. The van der Waals surface area contributed by atoms with E-state index in [1.807, 2.05) is 17.5 Å². The first-order valence-corrected chi connectivity index (χ1v) is 9.69. The van der Waals surface area contributed by atoms with Crippen LogP contribution < -0.4 is 10.1 Å². The molecule has 2 heterocycles. The quantitative estimate of drug-likeness (QED) is 0.512. The molecule has 1 N–H and O–H groups in total. The van der Waals surface area contributed by atoms with E-state index in [1.54, 1.807) is 12.1 Å². The van der Waals surface area contributed by atoms with Crippen molar-refractivity contribution in [2.24, 2.45) is 0 Å². The number of amides is 1. The van der Waals surface area contributed by atoms with E-state index < -0.39 is 0 Å². The van der Waals surface area contributed by atoms with Gasteiger partial charge in [0.2, 0.25) is 0 Å². The first-order chi connectivity index (χ1) is 14.0. The molecule has 0 aliphatic carbocycles. The number of thiazole rings is 1. The molecule has 0 saturated carbocycles. The molecule has 0 aliphatic heterocycles. The number of aryl methyl sites for hydroxylation is 1. The summed E-state index contributed by atoms with van der Waals surface area (Å²) in [5.41, 5.74) is 2.59. The number of ether oxygens (including phenoxy) is 1. The minimum atomic E-state index is -0.359. The van der Waals surface area contributed by atoms with Crippen LogP contribution >= 0.6 is 11.3 Å². The van der Waals surface area contributed by atoms with E-state index in [4.69, 9.17) is 4.74 Å². The van der Waals surface area contributed by atoms with Crippen LogP contribution in [-0.4, -0.2) is 21.9 Å². The highest BCUT2D eigenvalue weighted by Crippen LogP contribution is 2.27.